The number of aliphatic carboxylic acids is 6. The first kappa shape index (κ1) is 36.3. The minimum atomic E-state index is -1.26. The van der Waals surface area contributed by atoms with Crippen LogP contribution in [0.3, 0.4) is 0 Å². The number of carboxylic acids is 6. The van der Waals surface area contributed by atoms with Gasteiger partial charge in [-0.05, 0) is 0 Å². The molecule has 0 saturated heterocycles. The molecule has 0 unspecified atom stereocenters. The Morgan fingerprint density at radius 1 is 0.394 bits per heavy atom. The maximum absolute atomic E-state index is 9.55. The molecule has 33 heavy (non-hydrogen) atoms. The highest BCUT2D eigenvalue weighted by Gasteiger charge is 2.26. The maximum atomic E-state index is 9.55. The van der Waals surface area contributed by atoms with E-state index < -0.39 is 67.7 Å². The molecule has 10 N–H and O–H groups in total. The van der Waals surface area contributed by atoms with E-state index in [1.54, 1.807) is 0 Å². The summed E-state index contributed by atoms with van der Waals surface area (Å²) in [6, 6.07) is 0. The van der Waals surface area contributed by atoms with Gasteiger partial charge in [-0.1, -0.05) is 0 Å². The summed E-state index contributed by atoms with van der Waals surface area (Å²) in [6.45, 7) is -1.62. The first-order valence-electron chi connectivity index (χ1n) is 7.98. The third-order valence-electron chi connectivity index (χ3n) is 2.45. The fourth-order valence-corrected chi connectivity index (χ4v) is 0.728. The molecular weight excluding hydrogens is 460 g/mol. The monoisotopic (exact) mass is 484 g/mol. The van der Waals surface area contributed by atoms with Crippen LogP contribution in [0.2, 0.25) is 0 Å². The predicted octanol–water partition coefficient (Wildman–Crippen LogP) is -2.92. The molecule has 0 radical (unpaired) electrons. The van der Waals surface area contributed by atoms with Crippen LogP contribution in [0.1, 0.15) is 0 Å². The molecule has 0 aromatic rings. The Balaban J connectivity index is -0.000000170. The van der Waals surface area contributed by atoms with Gasteiger partial charge >= 0.3 is 35.8 Å². The molecule has 0 fully saturated rings. The molecule has 0 bridgehead atoms. The van der Waals surface area contributed by atoms with Crippen LogP contribution < -0.4 is 0 Å². The van der Waals surface area contributed by atoms with Crippen molar-refractivity contribution in [2.75, 3.05) is 26.4 Å². The molecule has 0 aliphatic heterocycles. The second-order valence-corrected chi connectivity index (χ2v) is 5.16. The van der Waals surface area contributed by atoms with E-state index in [0.29, 0.717) is 36.5 Å². The Morgan fingerprint density at radius 2 is 0.515 bits per heavy atom. The third-order valence-corrected chi connectivity index (χ3v) is 2.45. The van der Waals surface area contributed by atoms with E-state index in [4.69, 9.17) is 51.1 Å². The first-order chi connectivity index (χ1) is 15.1. The lowest BCUT2D eigenvalue weighted by atomic mass is 9.93. The number of rotatable bonds is 10. The molecule has 0 atom stereocenters. The molecule has 0 aromatic carbocycles. The van der Waals surface area contributed by atoms with Gasteiger partial charge in [0.1, 0.15) is 0 Å². The highest BCUT2D eigenvalue weighted by atomic mass is 16.4. The van der Waals surface area contributed by atoms with Gasteiger partial charge in [0.15, 0.2) is 0 Å². The van der Waals surface area contributed by atoms with Gasteiger partial charge in [-0.2, -0.15) is 0 Å². The Hall–Kier alpha value is -4.12. The van der Waals surface area contributed by atoms with E-state index >= 15 is 0 Å². The molecule has 0 aromatic heterocycles. The second-order valence-electron chi connectivity index (χ2n) is 5.16. The Kier molecular flexibility index (Phi) is 24.8. The van der Waals surface area contributed by atoms with Gasteiger partial charge in [0, 0.05) is 36.5 Å². The van der Waals surface area contributed by atoms with Crippen molar-refractivity contribution < 1.29 is 79.8 Å². The van der Waals surface area contributed by atoms with Crippen LogP contribution >= 0.6 is 0 Å². The van der Waals surface area contributed by atoms with Crippen molar-refractivity contribution in [3.63, 3.8) is 0 Å². The molecular formula is C17H24O16. The van der Waals surface area contributed by atoms with Gasteiger partial charge in [-0.15, -0.1) is 0 Å². The van der Waals surface area contributed by atoms with Crippen molar-refractivity contribution in [1.82, 2.24) is 0 Å². The van der Waals surface area contributed by atoms with Gasteiger partial charge in [0.2, 0.25) is 0 Å². The summed E-state index contributed by atoms with van der Waals surface area (Å²) >= 11 is 0. The lowest BCUT2D eigenvalue weighted by Crippen LogP contribution is -2.37. The Labute approximate surface area is 184 Å². The maximum Gasteiger partial charge on any atom is 0.328 e. The third kappa shape index (κ3) is 35.7. The minimum Gasteiger partial charge on any atom is -0.478 e. The van der Waals surface area contributed by atoms with Gasteiger partial charge in [-0.25, -0.2) is 28.8 Å². The molecule has 16 heteroatoms. The normalized spacial score (nSPS) is 10.2. The standard InChI is InChI=1S/C5H12O4.3C4H4O4/c6-1-5(2-7,3-8)4-9;3*5-3(6)1-2-4(7)8/h6-9H,1-4H2;3*1-2H,(H,5,6)(H,7,8). The minimum absolute atomic E-state index is 0.406. The van der Waals surface area contributed by atoms with Crippen LogP contribution in [0, 0.1) is 5.41 Å². The largest absolute Gasteiger partial charge is 0.478 e. The zero-order valence-electron chi connectivity index (χ0n) is 16.7. The van der Waals surface area contributed by atoms with Gasteiger partial charge in [0.05, 0.1) is 31.8 Å². The molecule has 0 amide bonds. The molecule has 0 heterocycles. The highest BCUT2D eigenvalue weighted by Crippen LogP contribution is 2.11. The van der Waals surface area contributed by atoms with E-state index in [2.05, 4.69) is 0 Å². The lowest BCUT2D eigenvalue weighted by Gasteiger charge is -2.23. The summed E-state index contributed by atoms with van der Waals surface area (Å²) in [6.07, 6.45) is 3.35. The fourth-order valence-electron chi connectivity index (χ4n) is 0.728. The van der Waals surface area contributed by atoms with E-state index in [0.717, 1.165) is 0 Å². The van der Waals surface area contributed by atoms with E-state index in [9.17, 15) is 28.8 Å². The summed E-state index contributed by atoms with van der Waals surface area (Å²) in [5.74, 6) is -7.54. The van der Waals surface area contributed by atoms with E-state index in [1.165, 1.54) is 0 Å². The molecule has 0 aliphatic rings. The smallest absolute Gasteiger partial charge is 0.328 e. The van der Waals surface area contributed by atoms with E-state index in [1.807, 2.05) is 0 Å². The van der Waals surface area contributed by atoms with Crippen molar-refractivity contribution in [1.29, 1.82) is 0 Å². The zero-order chi connectivity index (χ0) is 27.0. The van der Waals surface area contributed by atoms with Crippen LogP contribution in [0.4, 0.5) is 0 Å². The summed E-state index contributed by atoms with van der Waals surface area (Å²) < 4.78 is 0. The highest BCUT2D eigenvalue weighted by molar-refractivity contribution is 5.90. The number of aliphatic hydroxyl groups excluding tert-OH is 4. The average molecular weight is 484 g/mol. The fraction of sp³-hybridized carbons (Fsp3) is 0.294. The van der Waals surface area contributed by atoms with Crippen LogP contribution in [-0.4, -0.2) is 113 Å². The molecule has 188 valence electrons. The number of carboxylic acid groups (broad SMARTS) is 6. The summed E-state index contributed by atoms with van der Waals surface area (Å²) in [7, 11) is 0. The number of hydrogen-bond acceptors (Lipinski definition) is 10. The van der Waals surface area contributed by atoms with Crippen molar-refractivity contribution in [3.8, 4) is 0 Å². The SMILES string of the molecule is O=C(O)C=CC(=O)O.O=C(O)C=CC(=O)O.O=C(O)C=CC(=O)O.OCC(CO)(CO)CO. The van der Waals surface area contributed by atoms with Crippen molar-refractivity contribution >= 4 is 35.8 Å². The van der Waals surface area contributed by atoms with Gasteiger partial charge < -0.3 is 51.1 Å². The second kappa shape index (κ2) is 22.6. The Morgan fingerprint density at radius 3 is 0.545 bits per heavy atom. The quantitative estimate of drug-likeness (QED) is 0.139. The van der Waals surface area contributed by atoms with E-state index in [-0.39, 0.29) is 0 Å². The van der Waals surface area contributed by atoms with Crippen LogP contribution in [0.25, 0.3) is 0 Å². The zero-order valence-corrected chi connectivity index (χ0v) is 16.7. The van der Waals surface area contributed by atoms with Crippen LogP contribution in [-0.2, 0) is 28.8 Å². The van der Waals surface area contributed by atoms with Crippen LogP contribution in [0.15, 0.2) is 36.5 Å². The summed E-state index contributed by atoms with van der Waals surface area (Å²) in [4.78, 5) is 57.3. The molecule has 0 aliphatic carbocycles. The first-order valence-corrected chi connectivity index (χ1v) is 7.98. The molecule has 0 rings (SSSR count). The summed E-state index contributed by atoms with van der Waals surface area (Å²) in [5.41, 5.74) is -1.11. The number of hydrogen-bond donors (Lipinski definition) is 10. The molecule has 16 nitrogen and oxygen atoms in total. The molecule has 0 saturated carbocycles. The van der Waals surface area contributed by atoms with Gasteiger partial charge in [0.25, 0.3) is 0 Å². The average Bonchev–Trinajstić information content (AvgIpc) is 2.73. The number of carbonyl (C=O) groups is 6. The summed E-state index contributed by atoms with van der Waals surface area (Å²) in [5, 5.41) is 80.9. The Bertz CT molecular complexity index is 568. The molecule has 0 spiro atoms. The topological polar surface area (TPSA) is 305 Å². The number of aliphatic hydroxyl groups is 4. The van der Waals surface area contributed by atoms with Crippen molar-refractivity contribution in [2.24, 2.45) is 5.41 Å². The predicted molar refractivity (Wildman–Crippen MR) is 104 cm³/mol. The van der Waals surface area contributed by atoms with Crippen LogP contribution in [0.5, 0.6) is 0 Å². The van der Waals surface area contributed by atoms with Crippen molar-refractivity contribution in [2.45, 2.75) is 0 Å². The lowest BCUT2D eigenvalue weighted by molar-refractivity contribution is -0.134. The van der Waals surface area contributed by atoms with Crippen molar-refractivity contribution in [3.05, 3.63) is 36.5 Å². The van der Waals surface area contributed by atoms with Gasteiger partial charge in [-0.3, -0.25) is 0 Å².